The molecule has 116 valence electrons. The van der Waals surface area contributed by atoms with Gasteiger partial charge >= 0.3 is 5.97 Å². The topological polar surface area (TPSA) is 58.6 Å². The predicted octanol–water partition coefficient (Wildman–Crippen LogP) is 4.70. The number of ether oxygens (including phenoxy) is 1. The minimum absolute atomic E-state index is 0.242. The molecule has 0 aliphatic heterocycles. The van der Waals surface area contributed by atoms with Gasteiger partial charge in [-0.3, -0.25) is 0 Å². The van der Waals surface area contributed by atoms with E-state index in [1.807, 2.05) is 6.92 Å². The molecule has 0 aliphatic rings. The number of anilines is 1. The molecule has 0 radical (unpaired) electrons. The number of aromatic carboxylic acids is 1. The summed E-state index contributed by atoms with van der Waals surface area (Å²) in [6, 6.07) is 9.92. The second-order valence-corrected chi connectivity index (χ2v) is 5.39. The molecule has 0 atom stereocenters. The Hall–Kier alpha value is -1.91. The molecule has 0 bridgehead atoms. The van der Waals surface area contributed by atoms with Crippen LogP contribution in [0.2, 0.25) is 10.0 Å². The summed E-state index contributed by atoms with van der Waals surface area (Å²) in [5, 5.41) is 13.1. The van der Waals surface area contributed by atoms with Gasteiger partial charge in [-0.15, -0.1) is 0 Å². The lowest BCUT2D eigenvalue weighted by atomic mass is 10.1. The number of hydrogen-bond acceptors (Lipinski definition) is 3. The van der Waals surface area contributed by atoms with Gasteiger partial charge in [0.25, 0.3) is 0 Å². The summed E-state index contributed by atoms with van der Waals surface area (Å²) in [5.74, 6) is -0.352. The highest BCUT2D eigenvalue weighted by Gasteiger charge is 2.10. The van der Waals surface area contributed by atoms with Crippen molar-refractivity contribution in [3.63, 3.8) is 0 Å². The van der Waals surface area contributed by atoms with Gasteiger partial charge in [0.15, 0.2) is 0 Å². The number of benzene rings is 2. The number of carbonyl (C=O) groups is 1. The van der Waals surface area contributed by atoms with E-state index in [1.165, 1.54) is 0 Å². The molecule has 22 heavy (non-hydrogen) atoms. The number of nitrogens with one attached hydrogen (secondary N) is 1. The van der Waals surface area contributed by atoms with Crippen molar-refractivity contribution in [2.24, 2.45) is 0 Å². The molecule has 0 unspecified atom stereocenters. The van der Waals surface area contributed by atoms with Crippen LogP contribution in [-0.2, 0) is 6.54 Å². The second-order valence-electron chi connectivity index (χ2n) is 4.54. The van der Waals surface area contributed by atoms with E-state index < -0.39 is 5.97 Å². The van der Waals surface area contributed by atoms with Crippen LogP contribution < -0.4 is 10.1 Å². The zero-order valence-corrected chi connectivity index (χ0v) is 13.4. The molecule has 2 aromatic carbocycles. The number of hydrogen-bond donors (Lipinski definition) is 2. The summed E-state index contributed by atoms with van der Waals surface area (Å²) in [4.78, 5) is 10.8. The minimum Gasteiger partial charge on any atom is -0.492 e. The average Bonchev–Trinajstić information content (AvgIpc) is 2.48. The lowest BCUT2D eigenvalue weighted by Crippen LogP contribution is -2.04. The Morgan fingerprint density at radius 3 is 2.50 bits per heavy atom. The van der Waals surface area contributed by atoms with E-state index in [0.717, 1.165) is 11.3 Å². The second kappa shape index (κ2) is 7.38. The van der Waals surface area contributed by atoms with Gasteiger partial charge in [0.05, 0.1) is 17.2 Å². The van der Waals surface area contributed by atoms with Gasteiger partial charge in [-0.05, 0) is 43.3 Å². The van der Waals surface area contributed by atoms with Gasteiger partial charge in [0.1, 0.15) is 5.75 Å². The predicted molar refractivity (Wildman–Crippen MR) is 88.4 cm³/mol. The Bertz CT molecular complexity index is 672. The number of halogens is 2. The minimum atomic E-state index is -0.952. The fraction of sp³-hybridized carbons (Fsp3) is 0.188. The van der Waals surface area contributed by atoms with Crippen LogP contribution in [-0.4, -0.2) is 17.7 Å². The van der Waals surface area contributed by atoms with Crippen molar-refractivity contribution in [3.8, 4) is 5.75 Å². The molecule has 0 heterocycles. The van der Waals surface area contributed by atoms with Crippen LogP contribution in [0.4, 0.5) is 5.69 Å². The molecule has 0 fully saturated rings. The number of carboxylic acids is 1. The first-order valence-corrected chi connectivity index (χ1v) is 7.44. The van der Waals surface area contributed by atoms with Gasteiger partial charge < -0.3 is 15.2 Å². The molecule has 0 aliphatic carbocycles. The van der Waals surface area contributed by atoms with Crippen molar-refractivity contribution in [1.82, 2.24) is 0 Å². The molecule has 0 spiro atoms. The molecule has 0 amide bonds. The number of rotatable bonds is 6. The van der Waals surface area contributed by atoms with Gasteiger partial charge in [0, 0.05) is 22.8 Å². The fourth-order valence-corrected chi connectivity index (χ4v) is 2.57. The van der Waals surface area contributed by atoms with Crippen molar-refractivity contribution in [2.45, 2.75) is 13.5 Å². The highest BCUT2D eigenvalue weighted by atomic mass is 35.5. The van der Waals surface area contributed by atoms with E-state index in [4.69, 9.17) is 33.0 Å². The summed E-state index contributed by atoms with van der Waals surface area (Å²) in [6.07, 6.45) is 0. The summed E-state index contributed by atoms with van der Waals surface area (Å²) in [6.45, 7) is 2.84. The molecule has 6 heteroatoms. The Balaban J connectivity index is 2.15. The number of carboxylic acid groups (broad SMARTS) is 1. The van der Waals surface area contributed by atoms with E-state index in [0.29, 0.717) is 28.9 Å². The first-order valence-electron chi connectivity index (χ1n) is 6.69. The normalized spacial score (nSPS) is 10.3. The smallest absolute Gasteiger partial charge is 0.335 e. The Labute approximate surface area is 138 Å². The Morgan fingerprint density at radius 2 is 1.91 bits per heavy atom. The SMILES string of the molecule is CCOc1c(Cl)cc(Cl)cc1CNc1ccc(C(=O)O)cc1. The molecular formula is C16H15Cl2NO3. The third-order valence-corrected chi connectivity index (χ3v) is 3.49. The summed E-state index contributed by atoms with van der Waals surface area (Å²) in [5.41, 5.74) is 1.87. The summed E-state index contributed by atoms with van der Waals surface area (Å²) < 4.78 is 5.55. The first kappa shape index (κ1) is 16.5. The standard InChI is InChI=1S/C16H15Cl2NO3/c1-2-22-15-11(7-12(17)8-14(15)18)9-19-13-5-3-10(4-6-13)16(20)21/h3-8,19H,2,9H2,1H3,(H,20,21). The van der Waals surface area contributed by atoms with Crippen LogP contribution in [0.5, 0.6) is 5.75 Å². The van der Waals surface area contributed by atoms with Crippen molar-refractivity contribution in [1.29, 1.82) is 0 Å². The van der Waals surface area contributed by atoms with Crippen molar-refractivity contribution < 1.29 is 14.6 Å². The highest BCUT2D eigenvalue weighted by Crippen LogP contribution is 2.33. The summed E-state index contributed by atoms with van der Waals surface area (Å²) >= 11 is 12.2. The van der Waals surface area contributed by atoms with Crippen LogP contribution in [0.25, 0.3) is 0 Å². The van der Waals surface area contributed by atoms with Gasteiger partial charge in [-0.1, -0.05) is 23.2 Å². The molecule has 2 aromatic rings. The Morgan fingerprint density at radius 1 is 1.23 bits per heavy atom. The molecule has 0 saturated carbocycles. The highest BCUT2D eigenvalue weighted by molar-refractivity contribution is 6.35. The van der Waals surface area contributed by atoms with E-state index in [-0.39, 0.29) is 5.56 Å². The van der Waals surface area contributed by atoms with Crippen molar-refractivity contribution in [3.05, 3.63) is 57.6 Å². The van der Waals surface area contributed by atoms with E-state index >= 15 is 0 Å². The lowest BCUT2D eigenvalue weighted by molar-refractivity contribution is 0.0697. The van der Waals surface area contributed by atoms with Crippen LogP contribution in [0.15, 0.2) is 36.4 Å². The van der Waals surface area contributed by atoms with Gasteiger partial charge in [-0.2, -0.15) is 0 Å². The van der Waals surface area contributed by atoms with Crippen molar-refractivity contribution in [2.75, 3.05) is 11.9 Å². The molecule has 0 saturated heterocycles. The van der Waals surface area contributed by atoms with E-state index in [2.05, 4.69) is 5.32 Å². The van der Waals surface area contributed by atoms with Crippen LogP contribution >= 0.6 is 23.2 Å². The maximum atomic E-state index is 10.8. The van der Waals surface area contributed by atoms with Crippen LogP contribution in [0.3, 0.4) is 0 Å². The molecule has 0 aromatic heterocycles. The first-order chi connectivity index (χ1) is 10.5. The Kier molecular flexibility index (Phi) is 5.52. The lowest BCUT2D eigenvalue weighted by Gasteiger charge is -2.14. The van der Waals surface area contributed by atoms with Crippen LogP contribution in [0, 0.1) is 0 Å². The van der Waals surface area contributed by atoms with Gasteiger partial charge in [0.2, 0.25) is 0 Å². The van der Waals surface area contributed by atoms with Crippen LogP contribution in [0.1, 0.15) is 22.8 Å². The monoisotopic (exact) mass is 339 g/mol. The molecular weight excluding hydrogens is 325 g/mol. The summed E-state index contributed by atoms with van der Waals surface area (Å²) in [7, 11) is 0. The quantitative estimate of drug-likeness (QED) is 0.800. The third kappa shape index (κ3) is 4.06. The average molecular weight is 340 g/mol. The van der Waals surface area contributed by atoms with Gasteiger partial charge in [-0.25, -0.2) is 4.79 Å². The molecule has 2 N–H and O–H groups in total. The van der Waals surface area contributed by atoms with E-state index in [1.54, 1.807) is 36.4 Å². The molecule has 4 nitrogen and oxygen atoms in total. The maximum Gasteiger partial charge on any atom is 0.335 e. The zero-order valence-electron chi connectivity index (χ0n) is 11.9. The fourth-order valence-electron chi connectivity index (χ4n) is 1.98. The van der Waals surface area contributed by atoms with E-state index in [9.17, 15) is 4.79 Å². The zero-order chi connectivity index (χ0) is 16.1. The third-order valence-electron chi connectivity index (χ3n) is 2.99. The maximum absolute atomic E-state index is 10.8. The molecule has 2 rings (SSSR count). The van der Waals surface area contributed by atoms with Crippen molar-refractivity contribution >= 4 is 34.9 Å². The largest absolute Gasteiger partial charge is 0.492 e.